The van der Waals surface area contributed by atoms with Crippen molar-refractivity contribution in [3.63, 3.8) is 0 Å². The standard InChI is InChI=1S/C32H28N2O3/c1-3-37-27-20-18-26(19-21-27)34-30(23-10-6-4-7-11-23)28(31(35)24-12-8-5-9-13-24)29(32(34)36)33-25-16-14-22(2)15-17-25/h4-21,30,33H,3H2,1-2H3/t30-/m0/s1. The van der Waals surface area contributed by atoms with E-state index in [-0.39, 0.29) is 17.4 Å². The van der Waals surface area contributed by atoms with Gasteiger partial charge in [0.1, 0.15) is 11.4 Å². The largest absolute Gasteiger partial charge is 0.494 e. The summed E-state index contributed by atoms with van der Waals surface area (Å²) in [7, 11) is 0. The lowest BCUT2D eigenvalue weighted by Gasteiger charge is -2.27. The van der Waals surface area contributed by atoms with Gasteiger partial charge in [-0.1, -0.05) is 78.4 Å². The Kier molecular flexibility index (Phi) is 6.86. The third kappa shape index (κ3) is 4.89. The number of nitrogens with zero attached hydrogens (tertiary/aromatic N) is 1. The summed E-state index contributed by atoms with van der Waals surface area (Å²) in [5.41, 5.74) is 4.61. The van der Waals surface area contributed by atoms with E-state index in [1.165, 1.54) is 0 Å². The topological polar surface area (TPSA) is 58.6 Å². The molecule has 1 heterocycles. The highest BCUT2D eigenvalue weighted by molar-refractivity contribution is 6.23. The van der Waals surface area contributed by atoms with Crippen LogP contribution in [0.15, 0.2) is 120 Å². The van der Waals surface area contributed by atoms with Gasteiger partial charge >= 0.3 is 0 Å². The van der Waals surface area contributed by atoms with Crippen molar-refractivity contribution in [1.82, 2.24) is 0 Å². The molecule has 0 saturated carbocycles. The Labute approximate surface area is 217 Å². The third-order valence-electron chi connectivity index (χ3n) is 6.38. The molecule has 0 aromatic heterocycles. The van der Waals surface area contributed by atoms with Gasteiger partial charge in [0.15, 0.2) is 5.78 Å². The lowest BCUT2D eigenvalue weighted by molar-refractivity contribution is -0.114. The van der Waals surface area contributed by atoms with Gasteiger partial charge in [-0.15, -0.1) is 0 Å². The Morgan fingerprint density at radius 1 is 0.838 bits per heavy atom. The minimum atomic E-state index is -0.604. The van der Waals surface area contributed by atoms with Gasteiger partial charge in [-0.2, -0.15) is 0 Å². The summed E-state index contributed by atoms with van der Waals surface area (Å²) in [5.74, 6) is 0.268. The van der Waals surface area contributed by atoms with Crippen LogP contribution in [0.1, 0.15) is 34.5 Å². The fraction of sp³-hybridized carbons (Fsp3) is 0.125. The van der Waals surface area contributed by atoms with Gasteiger partial charge in [-0.05, 0) is 55.8 Å². The third-order valence-corrected chi connectivity index (χ3v) is 6.38. The molecule has 184 valence electrons. The zero-order chi connectivity index (χ0) is 25.8. The molecule has 37 heavy (non-hydrogen) atoms. The average Bonchev–Trinajstić information content (AvgIpc) is 3.22. The van der Waals surface area contributed by atoms with Gasteiger partial charge in [0, 0.05) is 16.9 Å². The lowest BCUT2D eigenvalue weighted by Crippen LogP contribution is -2.31. The first-order chi connectivity index (χ1) is 18.1. The van der Waals surface area contributed by atoms with Crippen LogP contribution in [-0.4, -0.2) is 18.3 Å². The highest BCUT2D eigenvalue weighted by Crippen LogP contribution is 2.43. The number of carbonyl (C=O) groups excluding carboxylic acids is 2. The number of ketones is 1. The molecule has 1 atom stereocenters. The van der Waals surface area contributed by atoms with E-state index in [2.05, 4.69) is 5.32 Å². The van der Waals surface area contributed by atoms with E-state index in [1.54, 1.807) is 17.0 Å². The molecule has 1 N–H and O–H groups in total. The number of aryl methyl sites for hydroxylation is 1. The number of hydrogen-bond donors (Lipinski definition) is 1. The maximum Gasteiger partial charge on any atom is 0.276 e. The van der Waals surface area contributed by atoms with E-state index in [0.29, 0.717) is 23.4 Å². The minimum Gasteiger partial charge on any atom is -0.494 e. The van der Waals surface area contributed by atoms with Crippen molar-refractivity contribution in [2.45, 2.75) is 19.9 Å². The number of anilines is 2. The van der Waals surface area contributed by atoms with E-state index >= 15 is 0 Å². The van der Waals surface area contributed by atoms with Crippen LogP contribution in [-0.2, 0) is 4.79 Å². The molecular weight excluding hydrogens is 460 g/mol. The maximum absolute atomic E-state index is 14.1. The molecule has 5 nitrogen and oxygen atoms in total. The second-order valence-corrected chi connectivity index (χ2v) is 8.89. The van der Waals surface area contributed by atoms with Gasteiger partial charge in [0.05, 0.1) is 18.2 Å². The first kappa shape index (κ1) is 24.1. The van der Waals surface area contributed by atoms with Crippen LogP contribution in [0.4, 0.5) is 11.4 Å². The van der Waals surface area contributed by atoms with Crippen LogP contribution in [0.3, 0.4) is 0 Å². The van der Waals surface area contributed by atoms with Crippen molar-refractivity contribution < 1.29 is 14.3 Å². The molecule has 0 saturated heterocycles. The number of amides is 1. The van der Waals surface area contributed by atoms with Crippen molar-refractivity contribution >= 4 is 23.1 Å². The molecule has 0 bridgehead atoms. The first-order valence-corrected chi connectivity index (χ1v) is 12.4. The predicted octanol–water partition coefficient (Wildman–Crippen LogP) is 6.73. The zero-order valence-electron chi connectivity index (χ0n) is 20.8. The Bertz CT molecular complexity index is 1430. The quantitative estimate of drug-likeness (QED) is 0.279. The SMILES string of the molecule is CCOc1ccc(N2C(=O)C(Nc3ccc(C)cc3)=C(C(=O)c3ccccc3)[C@@H]2c2ccccc2)cc1. The summed E-state index contributed by atoms with van der Waals surface area (Å²) >= 11 is 0. The normalized spacial score (nSPS) is 15.1. The Morgan fingerprint density at radius 3 is 2.08 bits per heavy atom. The first-order valence-electron chi connectivity index (χ1n) is 12.4. The van der Waals surface area contributed by atoms with Crippen LogP contribution in [0, 0.1) is 6.92 Å². The summed E-state index contributed by atoms with van der Waals surface area (Å²) in [6.07, 6.45) is 0. The maximum atomic E-state index is 14.1. The smallest absolute Gasteiger partial charge is 0.276 e. The number of carbonyl (C=O) groups is 2. The van der Waals surface area contributed by atoms with E-state index in [1.807, 2.05) is 111 Å². The molecule has 1 amide bonds. The predicted molar refractivity (Wildman–Crippen MR) is 147 cm³/mol. The second-order valence-electron chi connectivity index (χ2n) is 8.89. The fourth-order valence-corrected chi connectivity index (χ4v) is 4.59. The monoisotopic (exact) mass is 488 g/mol. The van der Waals surface area contributed by atoms with Gasteiger partial charge in [0.25, 0.3) is 5.91 Å². The van der Waals surface area contributed by atoms with Crippen molar-refractivity contribution in [2.24, 2.45) is 0 Å². The molecule has 0 spiro atoms. The zero-order valence-corrected chi connectivity index (χ0v) is 20.8. The lowest BCUT2D eigenvalue weighted by atomic mass is 9.92. The van der Waals surface area contributed by atoms with Crippen LogP contribution < -0.4 is 15.0 Å². The molecular formula is C32H28N2O3. The molecule has 5 rings (SSSR count). The summed E-state index contributed by atoms with van der Waals surface area (Å²) < 4.78 is 5.61. The molecule has 4 aromatic carbocycles. The number of hydrogen-bond acceptors (Lipinski definition) is 4. The average molecular weight is 489 g/mol. The molecule has 5 heteroatoms. The summed E-state index contributed by atoms with van der Waals surface area (Å²) in [6.45, 7) is 4.49. The number of ether oxygens (including phenoxy) is 1. The highest BCUT2D eigenvalue weighted by Gasteiger charge is 2.44. The van der Waals surface area contributed by atoms with E-state index in [9.17, 15) is 9.59 Å². The number of benzene rings is 4. The van der Waals surface area contributed by atoms with Crippen LogP contribution in [0.5, 0.6) is 5.75 Å². The Balaban J connectivity index is 1.68. The molecule has 0 radical (unpaired) electrons. The Hall–Kier alpha value is -4.64. The molecule has 1 aliphatic rings. The summed E-state index contributed by atoms with van der Waals surface area (Å²) in [5, 5.41) is 3.29. The molecule has 0 fully saturated rings. The van der Waals surface area contributed by atoms with Gasteiger partial charge in [0.2, 0.25) is 0 Å². The number of Topliss-reactive ketones (excluding diaryl/α,β-unsaturated/α-hetero) is 1. The highest BCUT2D eigenvalue weighted by atomic mass is 16.5. The van der Waals surface area contributed by atoms with E-state index in [0.717, 1.165) is 22.6 Å². The molecule has 1 aliphatic heterocycles. The van der Waals surface area contributed by atoms with Crippen LogP contribution in [0.25, 0.3) is 0 Å². The minimum absolute atomic E-state index is 0.189. The summed E-state index contributed by atoms with van der Waals surface area (Å²) in [6, 6.07) is 33.4. The van der Waals surface area contributed by atoms with Crippen molar-refractivity contribution in [1.29, 1.82) is 0 Å². The number of nitrogens with one attached hydrogen (secondary N) is 1. The second kappa shape index (κ2) is 10.5. The van der Waals surface area contributed by atoms with Crippen LogP contribution in [0.2, 0.25) is 0 Å². The van der Waals surface area contributed by atoms with Gasteiger partial charge in [-0.25, -0.2) is 0 Å². The van der Waals surface area contributed by atoms with Crippen molar-refractivity contribution in [3.8, 4) is 5.75 Å². The number of rotatable bonds is 8. The van der Waals surface area contributed by atoms with Gasteiger partial charge < -0.3 is 10.1 Å². The van der Waals surface area contributed by atoms with E-state index in [4.69, 9.17) is 4.74 Å². The Morgan fingerprint density at radius 2 is 1.46 bits per heavy atom. The molecule has 0 unspecified atom stereocenters. The fourth-order valence-electron chi connectivity index (χ4n) is 4.59. The van der Waals surface area contributed by atoms with Crippen molar-refractivity contribution in [3.05, 3.63) is 137 Å². The van der Waals surface area contributed by atoms with Crippen LogP contribution >= 0.6 is 0 Å². The van der Waals surface area contributed by atoms with E-state index < -0.39 is 6.04 Å². The molecule has 4 aromatic rings. The van der Waals surface area contributed by atoms with Gasteiger partial charge in [-0.3, -0.25) is 14.5 Å². The summed E-state index contributed by atoms with van der Waals surface area (Å²) in [4.78, 5) is 29.9. The molecule has 0 aliphatic carbocycles. The van der Waals surface area contributed by atoms with Crippen molar-refractivity contribution in [2.75, 3.05) is 16.8 Å².